The first kappa shape index (κ1) is 20.0. The van der Waals surface area contributed by atoms with Gasteiger partial charge in [0.2, 0.25) is 11.8 Å². The van der Waals surface area contributed by atoms with Crippen molar-refractivity contribution < 1.29 is 9.59 Å². The molecule has 0 bridgehead atoms. The summed E-state index contributed by atoms with van der Waals surface area (Å²) in [5, 5.41) is 3.39. The number of hydrogen-bond acceptors (Lipinski definition) is 6. The highest BCUT2D eigenvalue weighted by Gasteiger charge is 2.35. The van der Waals surface area contributed by atoms with Gasteiger partial charge in [0.05, 0.1) is 5.25 Å². The quantitative estimate of drug-likeness (QED) is 0.653. The molecule has 142 valence electrons. The van der Waals surface area contributed by atoms with Crippen molar-refractivity contribution in [3.05, 3.63) is 47.0 Å². The smallest absolute Gasteiger partial charge is 0.241 e. The number of anilines is 1. The van der Waals surface area contributed by atoms with Gasteiger partial charge in [-0.1, -0.05) is 61.2 Å². The molecule has 0 radical (unpaired) electrons. The number of nitrogens with one attached hydrogen (secondary N) is 1. The van der Waals surface area contributed by atoms with Gasteiger partial charge in [-0.05, 0) is 18.4 Å². The maximum atomic E-state index is 12.2. The van der Waals surface area contributed by atoms with Gasteiger partial charge in [-0.3, -0.25) is 14.5 Å². The first-order valence-corrected chi connectivity index (χ1v) is 11.0. The van der Waals surface area contributed by atoms with Crippen molar-refractivity contribution in [2.24, 2.45) is 0 Å². The van der Waals surface area contributed by atoms with Gasteiger partial charge in [0.1, 0.15) is 4.32 Å². The molecule has 0 spiro atoms. The van der Waals surface area contributed by atoms with E-state index < -0.39 is 0 Å². The van der Waals surface area contributed by atoms with E-state index in [9.17, 15) is 9.59 Å². The molecule has 3 rings (SSSR count). The van der Waals surface area contributed by atoms with Crippen LogP contribution in [0.3, 0.4) is 0 Å². The summed E-state index contributed by atoms with van der Waals surface area (Å²) < 4.78 is 0.623. The van der Waals surface area contributed by atoms with Crippen LogP contribution in [0.1, 0.15) is 36.6 Å². The number of thiocarbonyl (C=S) groups is 1. The van der Waals surface area contributed by atoms with E-state index in [0.29, 0.717) is 28.8 Å². The Labute approximate surface area is 172 Å². The van der Waals surface area contributed by atoms with Crippen molar-refractivity contribution in [1.82, 2.24) is 9.88 Å². The lowest BCUT2D eigenvalue weighted by Crippen LogP contribution is -2.32. The Bertz CT molecular complexity index is 823. The molecule has 1 fully saturated rings. The topological polar surface area (TPSA) is 62.3 Å². The predicted molar refractivity (Wildman–Crippen MR) is 115 cm³/mol. The minimum atomic E-state index is -0.0899. The zero-order valence-electron chi connectivity index (χ0n) is 15.0. The molecular formula is C19H21N3O2S3. The molecule has 1 aliphatic rings. The first-order valence-electron chi connectivity index (χ1n) is 8.87. The van der Waals surface area contributed by atoms with Crippen LogP contribution in [0.5, 0.6) is 0 Å². The number of benzene rings is 1. The van der Waals surface area contributed by atoms with Gasteiger partial charge in [0.25, 0.3) is 0 Å². The van der Waals surface area contributed by atoms with Gasteiger partial charge >= 0.3 is 0 Å². The van der Waals surface area contributed by atoms with E-state index in [2.05, 4.69) is 22.4 Å². The van der Waals surface area contributed by atoms with E-state index >= 15 is 0 Å². The average Bonchev–Trinajstić information content (AvgIpc) is 3.20. The second kappa shape index (κ2) is 9.43. The fraction of sp³-hybridized carbons (Fsp3) is 0.368. The fourth-order valence-electron chi connectivity index (χ4n) is 2.78. The molecule has 1 N–H and O–H groups in total. The van der Waals surface area contributed by atoms with Crippen LogP contribution in [0.2, 0.25) is 0 Å². The number of thioether (sulfide) groups is 1. The van der Waals surface area contributed by atoms with Gasteiger partial charge < -0.3 is 5.32 Å². The number of aromatic nitrogens is 1. The van der Waals surface area contributed by atoms with Crippen LogP contribution < -0.4 is 5.32 Å². The summed E-state index contributed by atoms with van der Waals surface area (Å²) in [4.78, 5) is 31.3. The molecule has 2 heterocycles. The van der Waals surface area contributed by atoms with Crippen molar-refractivity contribution in [2.45, 2.75) is 37.9 Å². The molecule has 1 aromatic carbocycles. The molecule has 1 atom stereocenters. The molecule has 1 saturated heterocycles. The lowest BCUT2D eigenvalue weighted by atomic mass is 10.1. The Morgan fingerprint density at radius 2 is 2.11 bits per heavy atom. The van der Waals surface area contributed by atoms with Crippen LogP contribution in [-0.4, -0.2) is 37.8 Å². The summed E-state index contributed by atoms with van der Waals surface area (Å²) in [6, 6.07) is 10.2. The zero-order chi connectivity index (χ0) is 19.2. The number of carbonyl (C=O) groups excluding carboxylic acids is 2. The molecular weight excluding hydrogens is 398 g/mol. The van der Waals surface area contributed by atoms with Gasteiger partial charge in [0, 0.05) is 30.5 Å². The second-order valence-electron chi connectivity index (χ2n) is 6.22. The monoisotopic (exact) mass is 419 g/mol. The maximum Gasteiger partial charge on any atom is 0.241 e. The number of rotatable bonds is 8. The van der Waals surface area contributed by atoms with E-state index in [1.165, 1.54) is 28.7 Å². The third-order valence-corrected chi connectivity index (χ3v) is 6.85. The Morgan fingerprint density at radius 3 is 2.81 bits per heavy atom. The van der Waals surface area contributed by atoms with Gasteiger partial charge in [-0.15, -0.1) is 11.3 Å². The highest BCUT2D eigenvalue weighted by molar-refractivity contribution is 8.24. The van der Waals surface area contributed by atoms with Crippen LogP contribution in [-0.2, 0) is 16.0 Å². The van der Waals surface area contributed by atoms with Crippen molar-refractivity contribution in [3.8, 4) is 0 Å². The molecule has 0 saturated carbocycles. The van der Waals surface area contributed by atoms with E-state index in [4.69, 9.17) is 12.2 Å². The molecule has 2 amide bonds. The number of nitrogens with zero attached hydrogens (tertiary/aromatic N) is 2. The summed E-state index contributed by atoms with van der Waals surface area (Å²) in [6.07, 6.45) is 4.30. The standard InChI is InChI=1S/C19H21N3O2S3/c1-2-15-17(24)22(19(25)27-15)10-6-9-16(23)21-18-20-12-14(26-18)11-13-7-4-3-5-8-13/h3-5,7-8,12,15H,2,6,9-11H2,1H3,(H,20,21,23). The number of hydrogen-bond donors (Lipinski definition) is 1. The largest absolute Gasteiger partial charge is 0.302 e. The van der Waals surface area contributed by atoms with E-state index in [-0.39, 0.29) is 17.1 Å². The molecule has 1 aromatic heterocycles. The highest BCUT2D eigenvalue weighted by Crippen LogP contribution is 2.29. The third-order valence-electron chi connectivity index (χ3n) is 4.18. The Hall–Kier alpha value is -1.77. The average molecular weight is 420 g/mol. The van der Waals surface area contributed by atoms with Crippen LogP contribution in [0.15, 0.2) is 36.5 Å². The Morgan fingerprint density at radius 1 is 1.33 bits per heavy atom. The molecule has 2 aromatic rings. The van der Waals surface area contributed by atoms with Gasteiger partial charge in [0.15, 0.2) is 5.13 Å². The van der Waals surface area contributed by atoms with Crippen LogP contribution in [0, 0.1) is 0 Å². The summed E-state index contributed by atoms with van der Waals surface area (Å²) >= 11 is 8.19. The Kier molecular flexibility index (Phi) is 6.98. The molecule has 5 nitrogen and oxygen atoms in total. The molecule has 27 heavy (non-hydrogen) atoms. The van der Waals surface area contributed by atoms with Crippen LogP contribution in [0.25, 0.3) is 0 Å². The normalized spacial score (nSPS) is 16.8. The number of carbonyl (C=O) groups is 2. The lowest BCUT2D eigenvalue weighted by molar-refractivity contribution is -0.126. The number of amides is 2. The van der Waals surface area contributed by atoms with Crippen LogP contribution in [0.4, 0.5) is 5.13 Å². The van der Waals surface area contributed by atoms with Gasteiger partial charge in [-0.25, -0.2) is 4.98 Å². The maximum absolute atomic E-state index is 12.2. The zero-order valence-corrected chi connectivity index (χ0v) is 17.5. The molecule has 1 unspecified atom stereocenters. The van der Waals surface area contributed by atoms with E-state index in [0.717, 1.165) is 17.7 Å². The summed E-state index contributed by atoms with van der Waals surface area (Å²) in [7, 11) is 0. The van der Waals surface area contributed by atoms with Gasteiger partial charge in [-0.2, -0.15) is 0 Å². The summed E-state index contributed by atoms with van der Waals surface area (Å²) in [6.45, 7) is 2.47. The van der Waals surface area contributed by atoms with Crippen molar-refractivity contribution >= 4 is 56.6 Å². The minimum absolute atomic E-state index is 0.0651. The predicted octanol–water partition coefficient (Wildman–Crippen LogP) is 4.09. The Balaban J connectivity index is 1.43. The number of thiazole rings is 1. The molecule has 8 heteroatoms. The van der Waals surface area contributed by atoms with E-state index in [1.54, 1.807) is 11.1 Å². The SMILES string of the molecule is CCC1SC(=S)N(CCCC(=O)Nc2ncc(Cc3ccccc3)s2)C1=O. The summed E-state index contributed by atoms with van der Waals surface area (Å²) in [5.74, 6) is -0.0220. The van der Waals surface area contributed by atoms with E-state index in [1.807, 2.05) is 25.1 Å². The van der Waals surface area contributed by atoms with Crippen molar-refractivity contribution in [2.75, 3.05) is 11.9 Å². The third kappa shape index (κ3) is 5.37. The highest BCUT2D eigenvalue weighted by atomic mass is 32.2. The van der Waals surface area contributed by atoms with Crippen molar-refractivity contribution in [3.63, 3.8) is 0 Å². The fourth-order valence-corrected chi connectivity index (χ4v) is 5.12. The molecule has 0 aliphatic carbocycles. The molecule has 1 aliphatic heterocycles. The lowest BCUT2D eigenvalue weighted by Gasteiger charge is -2.14. The first-order chi connectivity index (χ1) is 13.1. The minimum Gasteiger partial charge on any atom is -0.302 e. The second-order valence-corrected chi connectivity index (χ2v) is 9.17. The van der Waals surface area contributed by atoms with Crippen molar-refractivity contribution in [1.29, 1.82) is 0 Å². The summed E-state index contributed by atoms with van der Waals surface area (Å²) in [5.41, 5.74) is 1.22. The van der Waals surface area contributed by atoms with Crippen LogP contribution >= 0.6 is 35.3 Å².